The molecule has 0 saturated heterocycles. The van der Waals surface area contributed by atoms with E-state index in [9.17, 15) is 13.6 Å². The van der Waals surface area contributed by atoms with Crippen LogP contribution in [0.3, 0.4) is 0 Å². The number of carbonyl (C=O) groups excluding carboxylic acids is 1. The fraction of sp³-hybridized carbons (Fsp3) is 0.0741. The van der Waals surface area contributed by atoms with Crippen LogP contribution >= 0.6 is 0 Å². The normalized spacial score (nSPS) is 10.6. The van der Waals surface area contributed by atoms with Gasteiger partial charge in [-0.15, -0.1) is 0 Å². The maximum Gasteiger partial charge on any atom is 0.198 e. The molecule has 32 heavy (non-hydrogen) atoms. The van der Waals surface area contributed by atoms with Crippen LogP contribution in [0.15, 0.2) is 97.1 Å². The first-order chi connectivity index (χ1) is 15.6. The van der Waals surface area contributed by atoms with Gasteiger partial charge in [0.1, 0.15) is 36.3 Å². The van der Waals surface area contributed by atoms with Crippen molar-refractivity contribution in [2.75, 3.05) is 0 Å². The molecule has 0 saturated carbocycles. The average molecular weight is 430 g/mol. The summed E-state index contributed by atoms with van der Waals surface area (Å²) in [5, 5.41) is 0. The first kappa shape index (κ1) is 21.2. The maximum absolute atomic E-state index is 14.6. The summed E-state index contributed by atoms with van der Waals surface area (Å²) in [6.45, 7) is 0.541. The number of ketones is 1. The molecule has 5 heteroatoms. The lowest BCUT2D eigenvalue weighted by atomic mass is 10.0. The van der Waals surface area contributed by atoms with Crippen molar-refractivity contribution in [1.82, 2.24) is 0 Å². The van der Waals surface area contributed by atoms with Gasteiger partial charge in [0, 0.05) is 12.1 Å². The van der Waals surface area contributed by atoms with Crippen molar-refractivity contribution in [2.45, 2.75) is 13.2 Å². The van der Waals surface area contributed by atoms with Crippen LogP contribution in [0, 0.1) is 11.6 Å². The van der Waals surface area contributed by atoms with Crippen LogP contribution in [0.25, 0.3) is 0 Å². The molecule has 160 valence electrons. The zero-order valence-electron chi connectivity index (χ0n) is 17.1. The van der Waals surface area contributed by atoms with Gasteiger partial charge in [-0.2, -0.15) is 0 Å². The summed E-state index contributed by atoms with van der Waals surface area (Å²) < 4.78 is 40.3. The van der Waals surface area contributed by atoms with E-state index < -0.39 is 17.4 Å². The Hall–Kier alpha value is -3.99. The molecule has 0 aliphatic carbocycles. The first-order valence-electron chi connectivity index (χ1n) is 10.1. The monoisotopic (exact) mass is 430 g/mol. The largest absolute Gasteiger partial charge is 0.489 e. The molecule has 4 rings (SSSR count). The minimum absolute atomic E-state index is 0.228. The van der Waals surface area contributed by atoms with Gasteiger partial charge in [-0.25, -0.2) is 8.78 Å². The quantitative estimate of drug-likeness (QED) is 0.306. The molecule has 4 aromatic carbocycles. The third-order valence-electron chi connectivity index (χ3n) is 4.87. The summed E-state index contributed by atoms with van der Waals surface area (Å²) in [7, 11) is 0. The zero-order valence-corrected chi connectivity index (χ0v) is 17.1. The van der Waals surface area contributed by atoms with Gasteiger partial charge in [0.2, 0.25) is 0 Å². The number of rotatable bonds is 8. The maximum atomic E-state index is 14.6. The topological polar surface area (TPSA) is 35.5 Å². The van der Waals surface area contributed by atoms with Crippen molar-refractivity contribution < 1.29 is 23.0 Å². The molecular formula is C27H20F2O3. The van der Waals surface area contributed by atoms with E-state index >= 15 is 0 Å². The Morgan fingerprint density at radius 2 is 1.00 bits per heavy atom. The van der Waals surface area contributed by atoms with Gasteiger partial charge < -0.3 is 9.47 Å². The predicted molar refractivity (Wildman–Crippen MR) is 118 cm³/mol. The molecule has 0 atom stereocenters. The number of benzene rings is 4. The van der Waals surface area contributed by atoms with Gasteiger partial charge in [0.15, 0.2) is 5.78 Å². The summed E-state index contributed by atoms with van der Waals surface area (Å²) >= 11 is 0. The lowest BCUT2D eigenvalue weighted by molar-refractivity contribution is 0.103. The van der Waals surface area contributed by atoms with Crippen molar-refractivity contribution in [3.05, 3.63) is 131 Å². The second-order valence-electron chi connectivity index (χ2n) is 7.16. The molecule has 0 amide bonds. The number of hydrogen-bond acceptors (Lipinski definition) is 3. The van der Waals surface area contributed by atoms with Gasteiger partial charge in [-0.05, 0) is 35.4 Å². The van der Waals surface area contributed by atoms with Crippen LogP contribution < -0.4 is 9.47 Å². The van der Waals surface area contributed by atoms with E-state index in [2.05, 4.69) is 0 Å². The smallest absolute Gasteiger partial charge is 0.198 e. The second kappa shape index (κ2) is 9.88. The first-order valence-corrected chi connectivity index (χ1v) is 10.1. The Balaban J connectivity index is 1.44. The molecule has 0 unspecified atom stereocenters. The standard InChI is InChI=1S/C27H20F2O3/c28-25-15-21(31-17-19-7-3-1-4-8-19)11-13-23(25)27(30)24-14-12-22(16-26(24)29)32-18-20-9-5-2-6-10-20/h1-16H,17-18H2. The molecule has 0 N–H and O–H groups in total. The summed E-state index contributed by atoms with van der Waals surface area (Å²) in [4.78, 5) is 12.7. The van der Waals surface area contributed by atoms with Crippen LogP contribution in [0.2, 0.25) is 0 Å². The van der Waals surface area contributed by atoms with Crippen molar-refractivity contribution in [1.29, 1.82) is 0 Å². The van der Waals surface area contributed by atoms with Gasteiger partial charge in [-0.3, -0.25) is 4.79 Å². The minimum atomic E-state index is -0.774. The fourth-order valence-corrected chi connectivity index (χ4v) is 3.17. The van der Waals surface area contributed by atoms with E-state index in [0.717, 1.165) is 23.3 Å². The van der Waals surface area contributed by atoms with E-state index in [4.69, 9.17) is 9.47 Å². The predicted octanol–water partition coefficient (Wildman–Crippen LogP) is 6.35. The van der Waals surface area contributed by atoms with E-state index in [1.807, 2.05) is 60.7 Å². The summed E-state index contributed by atoms with van der Waals surface area (Å²) in [5.41, 5.74) is 1.41. The van der Waals surface area contributed by atoms with E-state index in [-0.39, 0.29) is 35.8 Å². The minimum Gasteiger partial charge on any atom is -0.489 e. The molecule has 0 aliphatic rings. The molecule has 0 radical (unpaired) electrons. The van der Waals surface area contributed by atoms with Gasteiger partial charge in [0.05, 0.1) is 11.1 Å². The van der Waals surface area contributed by atoms with E-state index in [1.165, 1.54) is 24.3 Å². The zero-order chi connectivity index (χ0) is 22.3. The molecule has 0 aliphatic heterocycles. The van der Waals surface area contributed by atoms with E-state index in [0.29, 0.717) is 0 Å². The fourth-order valence-electron chi connectivity index (χ4n) is 3.17. The number of hydrogen-bond donors (Lipinski definition) is 0. The lowest BCUT2D eigenvalue weighted by Crippen LogP contribution is -2.08. The highest BCUT2D eigenvalue weighted by atomic mass is 19.1. The molecule has 0 aromatic heterocycles. The van der Waals surface area contributed by atoms with Crippen molar-refractivity contribution in [3.8, 4) is 11.5 Å². The number of ether oxygens (including phenoxy) is 2. The number of carbonyl (C=O) groups is 1. The van der Waals surface area contributed by atoms with Crippen LogP contribution in [0.1, 0.15) is 27.0 Å². The molecule has 3 nitrogen and oxygen atoms in total. The van der Waals surface area contributed by atoms with E-state index in [1.54, 1.807) is 0 Å². The van der Waals surface area contributed by atoms with Crippen molar-refractivity contribution in [3.63, 3.8) is 0 Å². The molecule has 4 aromatic rings. The average Bonchev–Trinajstić information content (AvgIpc) is 2.82. The lowest BCUT2D eigenvalue weighted by Gasteiger charge is -2.10. The Bertz CT molecular complexity index is 1110. The van der Waals surface area contributed by atoms with Crippen LogP contribution in [-0.4, -0.2) is 5.78 Å². The second-order valence-corrected chi connectivity index (χ2v) is 7.16. The molecule has 0 fully saturated rings. The van der Waals surface area contributed by atoms with Crippen LogP contribution in [0.5, 0.6) is 11.5 Å². The highest BCUT2D eigenvalue weighted by molar-refractivity contribution is 6.09. The highest BCUT2D eigenvalue weighted by Crippen LogP contribution is 2.24. The Morgan fingerprint density at radius 1 is 0.594 bits per heavy atom. The third kappa shape index (κ3) is 5.19. The molecule has 0 heterocycles. The number of halogens is 2. The van der Waals surface area contributed by atoms with Gasteiger partial charge >= 0.3 is 0 Å². The van der Waals surface area contributed by atoms with Gasteiger partial charge in [-0.1, -0.05) is 60.7 Å². The van der Waals surface area contributed by atoms with Crippen LogP contribution in [-0.2, 0) is 13.2 Å². The van der Waals surface area contributed by atoms with Gasteiger partial charge in [0.25, 0.3) is 0 Å². The summed E-state index contributed by atoms with van der Waals surface area (Å²) in [6.07, 6.45) is 0. The highest BCUT2D eigenvalue weighted by Gasteiger charge is 2.19. The molecule has 0 bridgehead atoms. The summed E-state index contributed by atoms with van der Waals surface area (Å²) in [6, 6.07) is 26.7. The van der Waals surface area contributed by atoms with Crippen molar-refractivity contribution >= 4 is 5.78 Å². The summed E-state index contributed by atoms with van der Waals surface area (Å²) in [5.74, 6) is -1.72. The third-order valence-corrected chi connectivity index (χ3v) is 4.87. The molecule has 0 spiro atoms. The van der Waals surface area contributed by atoms with Crippen LogP contribution in [0.4, 0.5) is 8.78 Å². The SMILES string of the molecule is O=C(c1ccc(OCc2ccccc2)cc1F)c1ccc(OCc2ccccc2)cc1F. The Kier molecular flexibility index (Phi) is 6.56. The molecular weight excluding hydrogens is 410 g/mol. The van der Waals surface area contributed by atoms with Crippen molar-refractivity contribution in [2.24, 2.45) is 0 Å². The Morgan fingerprint density at radius 3 is 1.38 bits per heavy atom. The Labute approximate surface area is 184 Å².